The first kappa shape index (κ1) is 28.7. The third-order valence-electron chi connectivity index (χ3n) is 6.92. The van der Waals surface area contributed by atoms with Gasteiger partial charge >= 0.3 is 6.18 Å². The smallest absolute Gasteiger partial charge is 0.349 e. The van der Waals surface area contributed by atoms with E-state index in [-0.39, 0.29) is 40.8 Å². The third kappa shape index (κ3) is 5.84. The molecule has 3 aromatic rings. The number of benzene rings is 1. The predicted octanol–water partition coefficient (Wildman–Crippen LogP) is 3.11. The van der Waals surface area contributed by atoms with Crippen molar-refractivity contribution < 1.29 is 35.2 Å². The molecular formula is C25H24F5N7O3S. The van der Waals surface area contributed by atoms with Crippen LogP contribution in [-0.4, -0.2) is 69.9 Å². The largest absolute Gasteiger partial charge is 0.451 e. The Balaban J connectivity index is 1.38. The van der Waals surface area contributed by atoms with Crippen molar-refractivity contribution in [2.75, 3.05) is 18.0 Å². The molecule has 2 saturated heterocycles. The van der Waals surface area contributed by atoms with Gasteiger partial charge in [-0.25, -0.2) is 37.1 Å². The van der Waals surface area contributed by atoms with E-state index in [1.807, 2.05) is 4.90 Å². The Morgan fingerprint density at radius 3 is 2.34 bits per heavy atom. The average molecular weight is 598 g/mol. The molecule has 0 radical (unpaired) electrons. The molecular weight excluding hydrogens is 573 g/mol. The number of rotatable bonds is 7. The topological polar surface area (TPSA) is 121 Å². The predicted molar refractivity (Wildman–Crippen MR) is 135 cm³/mol. The average Bonchev–Trinajstić information content (AvgIpc) is 3.20. The first-order chi connectivity index (χ1) is 19.3. The molecule has 0 saturated carbocycles. The molecule has 218 valence electrons. The van der Waals surface area contributed by atoms with Gasteiger partial charge in [-0.2, -0.15) is 17.5 Å². The van der Waals surface area contributed by atoms with Gasteiger partial charge in [0.25, 0.3) is 0 Å². The van der Waals surface area contributed by atoms with Gasteiger partial charge in [0.2, 0.25) is 27.7 Å². The number of anilines is 1. The van der Waals surface area contributed by atoms with Crippen molar-refractivity contribution in [3.8, 4) is 11.3 Å². The summed E-state index contributed by atoms with van der Waals surface area (Å²) in [6.07, 6.45) is -3.85. The standard InChI is InChI=1S/C25H24F5N7O3S/c1-14-19(27)10-21(37(14)41(39,40)18-5-3-16(26)4-6-18)22(38)31-13-17-9-20(35-24(34-17)36-7-2-8-36)15-11-32-23(33-12-15)25(28,29)30/h3-6,9,11-12,14,19,21H,2,7-8,10,13H2,1H3,(H,31,38)/t14-,19+,21-/m0/s1. The van der Waals surface area contributed by atoms with Gasteiger partial charge in [-0.1, -0.05) is 0 Å². The summed E-state index contributed by atoms with van der Waals surface area (Å²) in [5, 5.41) is 2.59. The van der Waals surface area contributed by atoms with Crippen LogP contribution in [0.5, 0.6) is 0 Å². The second kappa shape index (κ2) is 10.9. The van der Waals surface area contributed by atoms with Crippen LogP contribution >= 0.6 is 0 Å². The van der Waals surface area contributed by atoms with Gasteiger partial charge in [-0.05, 0) is 43.7 Å². The zero-order chi connectivity index (χ0) is 29.5. The van der Waals surface area contributed by atoms with Gasteiger partial charge < -0.3 is 10.2 Å². The third-order valence-corrected chi connectivity index (χ3v) is 8.93. The minimum absolute atomic E-state index is 0.191. The molecule has 41 heavy (non-hydrogen) atoms. The highest BCUT2D eigenvalue weighted by molar-refractivity contribution is 7.89. The second-order valence-corrected chi connectivity index (χ2v) is 11.5. The molecule has 3 atom stereocenters. The SMILES string of the molecule is C[C@H]1[C@H](F)C[C@@H](C(=O)NCc2cc(-c3cnc(C(F)(F)F)nc3)nc(N3CCC3)n2)N1S(=O)(=O)c1ccc(F)cc1. The fourth-order valence-corrected chi connectivity index (χ4v) is 6.39. The minimum Gasteiger partial charge on any atom is -0.349 e. The van der Waals surface area contributed by atoms with Crippen LogP contribution in [0.25, 0.3) is 11.3 Å². The molecule has 2 aliphatic rings. The maximum Gasteiger partial charge on any atom is 0.451 e. The van der Waals surface area contributed by atoms with Crippen LogP contribution in [0.3, 0.4) is 0 Å². The highest BCUT2D eigenvalue weighted by atomic mass is 32.2. The first-order valence-electron chi connectivity index (χ1n) is 12.6. The first-order valence-corrected chi connectivity index (χ1v) is 14.0. The summed E-state index contributed by atoms with van der Waals surface area (Å²) in [5.41, 5.74) is 0.691. The maximum absolute atomic E-state index is 14.7. The maximum atomic E-state index is 14.7. The highest BCUT2D eigenvalue weighted by Gasteiger charge is 2.49. The number of nitrogens with zero attached hydrogens (tertiary/aromatic N) is 6. The molecule has 2 aromatic heterocycles. The lowest BCUT2D eigenvalue weighted by molar-refractivity contribution is -0.145. The molecule has 1 N–H and O–H groups in total. The molecule has 2 fully saturated rings. The van der Waals surface area contributed by atoms with Crippen LogP contribution in [0, 0.1) is 5.82 Å². The van der Waals surface area contributed by atoms with Gasteiger partial charge in [-0.15, -0.1) is 0 Å². The molecule has 10 nitrogen and oxygen atoms in total. The highest BCUT2D eigenvalue weighted by Crippen LogP contribution is 2.33. The monoisotopic (exact) mass is 597 g/mol. The summed E-state index contributed by atoms with van der Waals surface area (Å²) in [6, 6.07) is 2.92. The van der Waals surface area contributed by atoms with E-state index in [2.05, 4.69) is 25.3 Å². The van der Waals surface area contributed by atoms with Crippen LogP contribution in [0.15, 0.2) is 47.6 Å². The van der Waals surface area contributed by atoms with Crippen LogP contribution in [0.2, 0.25) is 0 Å². The van der Waals surface area contributed by atoms with Gasteiger partial charge in [0.15, 0.2) is 0 Å². The van der Waals surface area contributed by atoms with Crippen molar-refractivity contribution in [3.05, 3.63) is 60.1 Å². The van der Waals surface area contributed by atoms with E-state index in [1.54, 1.807) is 0 Å². The lowest BCUT2D eigenvalue weighted by Crippen LogP contribution is -2.48. The Morgan fingerprint density at radius 2 is 1.76 bits per heavy atom. The Morgan fingerprint density at radius 1 is 1.10 bits per heavy atom. The van der Waals surface area contributed by atoms with E-state index in [4.69, 9.17) is 0 Å². The summed E-state index contributed by atoms with van der Waals surface area (Å²) < 4.78 is 94.1. The number of carbonyl (C=O) groups excluding carboxylic acids is 1. The summed E-state index contributed by atoms with van der Waals surface area (Å²) in [5.74, 6) is -2.44. The van der Waals surface area contributed by atoms with Crippen molar-refractivity contribution in [3.63, 3.8) is 0 Å². The normalized spacial score (nSPS) is 21.5. The number of hydrogen-bond acceptors (Lipinski definition) is 8. The van der Waals surface area contributed by atoms with Gasteiger partial charge in [0, 0.05) is 37.5 Å². The molecule has 0 unspecified atom stereocenters. The van der Waals surface area contributed by atoms with Gasteiger partial charge in [0.05, 0.1) is 28.9 Å². The van der Waals surface area contributed by atoms with Crippen molar-refractivity contribution in [1.29, 1.82) is 0 Å². The van der Waals surface area contributed by atoms with Gasteiger partial charge in [-0.3, -0.25) is 4.79 Å². The minimum atomic E-state index is -4.71. The summed E-state index contributed by atoms with van der Waals surface area (Å²) in [6.45, 7) is 2.46. The molecule has 1 aromatic carbocycles. The van der Waals surface area contributed by atoms with Crippen LogP contribution in [0.1, 0.15) is 31.3 Å². The van der Waals surface area contributed by atoms with Crippen molar-refractivity contribution in [1.82, 2.24) is 29.6 Å². The summed E-state index contributed by atoms with van der Waals surface area (Å²) >= 11 is 0. The van der Waals surface area contributed by atoms with E-state index in [0.717, 1.165) is 47.4 Å². The van der Waals surface area contributed by atoms with Crippen molar-refractivity contribution in [2.45, 2.75) is 55.6 Å². The number of halogens is 5. The fourth-order valence-electron chi connectivity index (χ4n) is 4.58. The lowest BCUT2D eigenvalue weighted by Gasteiger charge is -2.31. The molecule has 5 rings (SSSR count). The molecule has 0 bridgehead atoms. The van der Waals surface area contributed by atoms with Crippen LogP contribution in [-0.2, 0) is 27.5 Å². The quantitative estimate of drug-likeness (QED) is 0.413. The number of amides is 1. The number of alkyl halides is 4. The summed E-state index contributed by atoms with van der Waals surface area (Å²) in [7, 11) is -4.35. The van der Waals surface area contributed by atoms with E-state index < -0.39 is 52.0 Å². The van der Waals surface area contributed by atoms with E-state index in [0.29, 0.717) is 13.1 Å². The number of aromatic nitrogens is 4. The van der Waals surface area contributed by atoms with Crippen molar-refractivity contribution >= 4 is 21.9 Å². The van der Waals surface area contributed by atoms with Gasteiger partial charge in [0.1, 0.15) is 18.0 Å². The van der Waals surface area contributed by atoms with E-state index in [1.165, 1.54) is 13.0 Å². The number of carbonyl (C=O) groups is 1. The molecule has 16 heteroatoms. The second-order valence-electron chi connectivity index (χ2n) is 9.69. The molecule has 0 spiro atoms. The fraction of sp³-hybridized carbons (Fsp3) is 0.400. The Labute approximate surface area is 231 Å². The lowest BCUT2D eigenvalue weighted by atomic mass is 10.1. The Kier molecular flexibility index (Phi) is 7.63. The number of nitrogens with one attached hydrogen (secondary N) is 1. The Hall–Kier alpha value is -3.79. The number of hydrogen-bond donors (Lipinski definition) is 1. The van der Waals surface area contributed by atoms with Crippen molar-refractivity contribution in [2.24, 2.45) is 0 Å². The van der Waals surface area contributed by atoms with E-state index in [9.17, 15) is 35.2 Å². The molecule has 0 aliphatic carbocycles. The van der Waals surface area contributed by atoms with E-state index >= 15 is 0 Å². The zero-order valence-electron chi connectivity index (χ0n) is 21.5. The molecule has 2 aliphatic heterocycles. The zero-order valence-corrected chi connectivity index (χ0v) is 22.3. The van der Waals surface area contributed by atoms with Crippen LogP contribution < -0.4 is 10.2 Å². The molecule has 1 amide bonds. The molecule has 4 heterocycles. The number of sulfonamides is 1. The van der Waals surface area contributed by atoms with Crippen LogP contribution in [0.4, 0.5) is 27.9 Å². The summed E-state index contributed by atoms with van der Waals surface area (Å²) in [4.78, 5) is 30.3. The Bertz CT molecular complexity index is 1530.